The summed E-state index contributed by atoms with van der Waals surface area (Å²) in [6, 6.07) is 22.5. The normalized spacial score (nSPS) is 18.2. The average Bonchev–Trinajstić information content (AvgIpc) is 1.68. The fourth-order valence-electron chi connectivity index (χ4n) is 13.2. The number of aryl methyl sites for hydroxylation is 2. The van der Waals surface area contributed by atoms with Crippen LogP contribution >= 0.6 is 0 Å². The number of rotatable bonds is 31. The van der Waals surface area contributed by atoms with E-state index in [1.807, 2.05) is 86.6 Å². The predicted octanol–water partition coefficient (Wildman–Crippen LogP) is 1.92. The van der Waals surface area contributed by atoms with E-state index in [4.69, 9.17) is 26.7 Å². The third-order valence-electron chi connectivity index (χ3n) is 19.9. The van der Waals surface area contributed by atoms with Crippen molar-refractivity contribution in [3.63, 3.8) is 0 Å². The van der Waals surface area contributed by atoms with Crippen LogP contribution < -0.4 is 75.7 Å². The second-order valence-electron chi connectivity index (χ2n) is 30.3. The highest BCUT2D eigenvalue weighted by atomic mass is 16.6. The van der Waals surface area contributed by atoms with E-state index in [0.717, 1.165) is 33.4 Å². The van der Waals surface area contributed by atoms with Crippen LogP contribution in [-0.2, 0) is 79.8 Å². The molecule has 0 radical (unpaired) electrons. The van der Waals surface area contributed by atoms with Crippen LogP contribution in [0.3, 0.4) is 0 Å². The number of ketones is 1. The molecule has 0 bridgehead atoms. The summed E-state index contributed by atoms with van der Waals surface area (Å²) >= 11 is 0. The molecule has 4 aromatic carbocycles. The number of ether oxygens (including phenoxy) is 2. The maximum absolute atomic E-state index is 14.8. The number of hydrogen-bond donors (Lipinski definition) is 16. The number of hydrogen-bond acceptors (Lipinski definition) is 18. The molecular formula is C80H112N16O17. The molecule has 2 aliphatic carbocycles. The number of alkyl carbamates (subject to hydrolysis) is 1. The van der Waals surface area contributed by atoms with Crippen LogP contribution in [-0.4, -0.2) is 198 Å². The fraction of sp³-hybridized carbons (Fsp3) is 0.512. The lowest BCUT2D eigenvalue weighted by Gasteiger charge is -2.44. The van der Waals surface area contributed by atoms with Crippen molar-refractivity contribution in [3.05, 3.63) is 130 Å². The topological polar surface area (TPSA) is 516 Å². The number of aliphatic hydroxyl groups excluding tert-OH is 1. The van der Waals surface area contributed by atoms with Crippen LogP contribution in [0.2, 0.25) is 0 Å². The molecule has 6 atom stereocenters. The standard InChI is InChI=1S/C52H70N8O10.C28H42N8O7/c1-32-18-20-33(21-19-32)27-41(45(65)58-40(42(62)30-61)28-44(64)70-50(2,3)4)59-47(67)52(24-22-51(5,6)23-25-52)60-46(66)39(17-12-26-55-48(53)54-7)57-43(63)29-56-49(68)69-31-38-36-15-10-8-13-34(36)35-14-9-11-16-37(35)38;1-4-28(5-2)26(43)35-19(13-17-10-8-16(3)9-11-17)24(41)34-20(14-22(38)39)23(40)32-15-21(37)33-18(25(42)36-28)7-6-12-31-27(29)30/h8-11,13-16,18-21,38-41,61H,12,17,22-31H2,1-7H3,(H,56,68)(H,57,63)(H,58,65)(H,59,67)(H,60,66)(H3,53,54,55);8-11,18-20H,4-7,12-15H2,1-3H3,(H,32,40)(H,33,37)(H,34,41)(H,35,43)(H,36,42)(H,38,39)(H4,29,30,31)/t39-,40-,41+;18-,19+,20-/m00/s1. The van der Waals surface area contributed by atoms with Crippen molar-refractivity contribution in [3.8, 4) is 11.1 Å². The molecule has 2 fully saturated rings. The molecule has 7 rings (SSSR count). The number of amides is 10. The van der Waals surface area contributed by atoms with Gasteiger partial charge in [0.1, 0.15) is 72.7 Å². The van der Waals surface area contributed by atoms with Gasteiger partial charge in [0, 0.05) is 38.9 Å². The van der Waals surface area contributed by atoms with E-state index >= 15 is 0 Å². The summed E-state index contributed by atoms with van der Waals surface area (Å²) in [5, 5.41) is 48.5. The van der Waals surface area contributed by atoms with Crippen LogP contribution in [0.25, 0.3) is 11.1 Å². The zero-order valence-corrected chi connectivity index (χ0v) is 66.1. The number of nitrogens with one attached hydrogen (secondary N) is 11. The Morgan fingerprint density at radius 2 is 1.28 bits per heavy atom. The number of carbonyl (C=O) groups is 13. The summed E-state index contributed by atoms with van der Waals surface area (Å²) in [5.74, 6) is -9.75. The highest BCUT2D eigenvalue weighted by Gasteiger charge is 2.48. The quantitative estimate of drug-likeness (QED) is 0.0148. The van der Waals surface area contributed by atoms with Crippen molar-refractivity contribution < 1.29 is 82.0 Å². The Bertz CT molecular complexity index is 4040. The number of aliphatic carboxylic acids is 1. The molecule has 1 aliphatic heterocycles. The lowest BCUT2D eigenvalue weighted by Crippen LogP contribution is -2.66. The van der Waals surface area contributed by atoms with Gasteiger partial charge in [-0.1, -0.05) is 136 Å². The molecule has 0 unspecified atom stereocenters. The minimum atomic E-state index is -1.56. The molecule has 614 valence electrons. The first-order valence-corrected chi connectivity index (χ1v) is 37.9. The number of guanidine groups is 2. The van der Waals surface area contributed by atoms with Crippen LogP contribution in [0, 0.1) is 19.3 Å². The molecule has 3 aliphatic rings. The largest absolute Gasteiger partial charge is 0.481 e. The Hall–Kier alpha value is -11.5. The van der Waals surface area contributed by atoms with Crippen LogP contribution in [0.4, 0.5) is 4.79 Å². The van der Waals surface area contributed by atoms with Gasteiger partial charge in [-0.2, -0.15) is 0 Å². The van der Waals surface area contributed by atoms with Gasteiger partial charge in [0.05, 0.1) is 19.4 Å². The molecule has 33 nitrogen and oxygen atoms in total. The highest BCUT2D eigenvalue weighted by Crippen LogP contribution is 2.45. The maximum atomic E-state index is 14.8. The zero-order valence-electron chi connectivity index (χ0n) is 66.1. The van der Waals surface area contributed by atoms with E-state index < -0.39 is 162 Å². The first-order valence-electron chi connectivity index (χ1n) is 37.9. The van der Waals surface area contributed by atoms with Crippen molar-refractivity contribution in [2.45, 2.75) is 211 Å². The first-order chi connectivity index (χ1) is 53.4. The summed E-state index contributed by atoms with van der Waals surface area (Å²) < 4.78 is 11.0. The van der Waals surface area contributed by atoms with E-state index in [9.17, 15) is 72.5 Å². The van der Waals surface area contributed by atoms with Gasteiger partial charge in [0.2, 0.25) is 53.2 Å². The minimum absolute atomic E-state index is 0.0180. The molecule has 1 saturated heterocycles. The van der Waals surface area contributed by atoms with Gasteiger partial charge in [0.15, 0.2) is 17.7 Å². The monoisotopic (exact) mass is 1570 g/mol. The van der Waals surface area contributed by atoms with E-state index in [1.54, 1.807) is 58.9 Å². The lowest BCUT2D eigenvalue weighted by molar-refractivity contribution is -0.156. The number of carboxylic acids is 1. The Labute approximate surface area is 658 Å². The lowest BCUT2D eigenvalue weighted by atomic mass is 9.68. The minimum Gasteiger partial charge on any atom is -0.481 e. The molecule has 19 N–H and O–H groups in total. The predicted molar refractivity (Wildman–Crippen MR) is 422 cm³/mol. The third-order valence-corrected chi connectivity index (χ3v) is 19.9. The molecule has 1 heterocycles. The molecular weight excluding hydrogens is 1460 g/mol. The zero-order chi connectivity index (χ0) is 83.4. The Balaban J connectivity index is 0.000000396. The van der Waals surface area contributed by atoms with Gasteiger partial charge >= 0.3 is 18.0 Å². The summed E-state index contributed by atoms with van der Waals surface area (Å²) in [4.78, 5) is 182. The van der Waals surface area contributed by atoms with Crippen molar-refractivity contribution in [1.29, 1.82) is 0 Å². The number of Topliss-reactive ketones (excluding diaryl/α,β-unsaturated/α-hetero) is 1. The number of nitrogens with zero attached hydrogens (tertiary/aromatic N) is 2. The number of aliphatic hydroxyl groups is 1. The third kappa shape index (κ3) is 28.0. The number of carbonyl (C=O) groups excluding carboxylic acids is 12. The van der Waals surface area contributed by atoms with E-state index in [2.05, 4.69) is 82.3 Å². The number of nitrogens with two attached hydrogens (primary N) is 3. The summed E-state index contributed by atoms with van der Waals surface area (Å²) in [7, 11) is 1.52. The van der Waals surface area contributed by atoms with Crippen molar-refractivity contribution >= 4 is 88.9 Å². The number of aliphatic imine (C=N–C) groups is 2. The average molecular weight is 1570 g/mol. The van der Waals surface area contributed by atoms with Gasteiger partial charge in [-0.3, -0.25) is 67.5 Å². The number of esters is 1. The van der Waals surface area contributed by atoms with Crippen LogP contribution in [0.5, 0.6) is 0 Å². The molecule has 0 spiro atoms. The molecule has 113 heavy (non-hydrogen) atoms. The summed E-state index contributed by atoms with van der Waals surface area (Å²) in [6.07, 6.45) is 0.326. The Morgan fingerprint density at radius 3 is 1.85 bits per heavy atom. The SMILES string of the molecule is CCC1(CC)NC(=O)[C@H](CCCN=C(N)N)NC(=O)CNC(=O)[C@H](CC(=O)O)NC(=O)[C@@H](Cc2ccc(C)cc2)NC1=O.CN=C(N)NCCC[C@H](NC(=O)CNC(=O)OCC1c2ccccc2-c2ccccc21)C(=O)NC1(C(=O)N[C@H](Cc2ccc(C)cc2)C(=O)N[C@@H](CC(=O)OC(C)(C)C)C(=O)CO)CCC(C)(C)CC1. The molecule has 10 amide bonds. The molecule has 33 heteroatoms. The smallest absolute Gasteiger partial charge is 0.407 e. The van der Waals surface area contributed by atoms with Crippen LogP contribution in [0.1, 0.15) is 165 Å². The molecule has 4 aromatic rings. The second-order valence-corrected chi connectivity index (χ2v) is 30.3. The summed E-state index contributed by atoms with van der Waals surface area (Å²) in [5.41, 5.74) is 19.9. The number of benzene rings is 4. The van der Waals surface area contributed by atoms with Gasteiger partial charge in [0.25, 0.3) is 0 Å². The van der Waals surface area contributed by atoms with E-state index in [-0.39, 0.29) is 87.8 Å². The van der Waals surface area contributed by atoms with Crippen molar-refractivity contribution in [2.24, 2.45) is 32.6 Å². The summed E-state index contributed by atoms with van der Waals surface area (Å²) in [6.45, 7) is 14.7. The van der Waals surface area contributed by atoms with Crippen molar-refractivity contribution in [2.75, 3.05) is 46.4 Å². The Kier molecular flexibility index (Phi) is 33.8. The first kappa shape index (κ1) is 90.4. The van der Waals surface area contributed by atoms with Crippen LogP contribution in [0.15, 0.2) is 107 Å². The Morgan fingerprint density at radius 1 is 0.681 bits per heavy atom. The highest BCUT2D eigenvalue weighted by molar-refractivity contribution is 6.01. The van der Waals surface area contributed by atoms with Gasteiger partial charge in [-0.15, -0.1) is 0 Å². The number of carboxylic acid groups (broad SMARTS) is 1. The molecule has 0 aromatic heterocycles. The van der Waals surface area contributed by atoms with Gasteiger partial charge in [-0.05, 0) is 138 Å². The second kappa shape index (κ2) is 42.2. The van der Waals surface area contributed by atoms with Gasteiger partial charge < -0.3 is 95.4 Å². The van der Waals surface area contributed by atoms with E-state index in [0.29, 0.717) is 43.4 Å². The van der Waals surface area contributed by atoms with Gasteiger partial charge in [-0.25, -0.2) is 4.79 Å². The fourth-order valence-corrected chi connectivity index (χ4v) is 13.2. The van der Waals surface area contributed by atoms with Crippen molar-refractivity contribution in [1.82, 2.24) is 58.5 Å². The number of fused-ring (bicyclic) bond motifs is 3. The maximum Gasteiger partial charge on any atom is 0.407 e. The molecule has 1 saturated carbocycles. The van der Waals surface area contributed by atoms with E-state index in [1.165, 1.54) is 7.05 Å².